The van der Waals surface area contributed by atoms with Gasteiger partial charge in [-0.15, -0.1) is 0 Å². The number of anilines is 2. The van der Waals surface area contributed by atoms with E-state index in [2.05, 4.69) is 10.6 Å². The van der Waals surface area contributed by atoms with Crippen LogP contribution in [0.25, 0.3) is 12.2 Å². The Hall–Kier alpha value is -5.78. The highest BCUT2D eigenvalue weighted by atomic mass is 32.2. The molecule has 0 bridgehead atoms. The molecule has 4 aromatic carbocycles. The van der Waals surface area contributed by atoms with E-state index >= 15 is 0 Å². The number of benzene rings is 4. The van der Waals surface area contributed by atoms with Gasteiger partial charge >= 0.3 is 0 Å². The molecule has 284 valence electrons. The van der Waals surface area contributed by atoms with E-state index in [0.29, 0.717) is 0 Å². The van der Waals surface area contributed by atoms with Crippen molar-refractivity contribution in [3.8, 4) is 0 Å². The Kier molecular flexibility index (Phi) is 11.9. The Labute approximate surface area is 308 Å². The number of hydrogen-bond acceptors (Lipinski definition) is 12. The number of primary amides is 2. The summed E-state index contributed by atoms with van der Waals surface area (Å²) in [6, 6.07) is 15.5. The molecule has 4 aromatic rings. The second kappa shape index (κ2) is 15.7. The summed E-state index contributed by atoms with van der Waals surface area (Å²) < 4.78 is 119. The van der Waals surface area contributed by atoms with Gasteiger partial charge in [0.05, 0.1) is 9.79 Å². The predicted molar refractivity (Wildman–Crippen MR) is 193 cm³/mol. The van der Waals surface area contributed by atoms with Gasteiger partial charge in [0.15, 0.2) is 19.7 Å². The van der Waals surface area contributed by atoms with Crippen LogP contribution in [-0.2, 0) is 49.5 Å². The minimum atomic E-state index is -5.00. The molecular weight excluding hydrogens is 793 g/mol. The number of amides is 4. The van der Waals surface area contributed by atoms with Crippen LogP contribution in [0.15, 0.2) is 105 Å². The fourth-order valence-corrected chi connectivity index (χ4v) is 8.42. The maximum absolute atomic E-state index is 12.9. The number of hydrogen-bond donors (Lipinski definition) is 6. The molecule has 0 fully saturated rings. The first-order chi connectivity index (χ1) is 25.0. The lowest BCUT2D eigenvalue weighted by Crippen LogP contribution is -2.23. The van der Waals surface area contributed by atoms with Gasteiger partial charge < -0.3 is 22.1 Å². The number of sulfone groups is 2. The third kappa shape index (κ3) is 10.4. The highest BCUT2D eigenvalue weighted by molar-refractivity contribution is 7.92. The van der Waals surface area contributed by atoms with Gasteiger partial charge in [-0.1, -0.05) is 36.4 Å². The van der Waals surface area contributed by atoms with Crippen LogP contribution in [0.5, 0.6) is 0 Å². The lowest BCUT2D eigenvalue weighted by Gasteiger charge is -2.11. The van der Waals surface area contributed by atoms with Gasteiger partial charge in [-0.25, -0.2) is 16.8 Å². The summed E-state index contributed by atoms with van der Waals surface area (Å²) in [5, 5.41) is 4.70. The average Bonchev–Trinajstić information content (AvgIpc) is 3.06. The molecule has 8 N–H and O–H groups in total. The van der Waals surface area contributed by atoms with Crippen LogP contribution < -0.4 is 22.1 Å². The zero-order chi connectivity index (χ0) is 40.2. The molecule has 0 aliphatic rings. The molecule has 4 amide bonds. The average molecular weight is 821 g/mol. The van der Waals surface area contributed by atoms with Gasteiger partial charge in [-0.3, -0.25) is 28.3 Å². The lowest BCUT2D eigenvalue weighted by atomic mass is 10.1. The molecule has 4 rings (SSSR count). The smallest absolute Gasteiger partial charge is 0.295 e. The van der Waals surface area contributed by atoms with Gasteiger partial charge in [0.2, 0.25) is 11.8 Å². The van der Waals surface area contributed by atoms with E-state index in [1.807, 2.05) is 0 Å². The largest absolute Gasteiger partial charge is 0.369 e. The Morgan fingerprint density at radius 3 is 1.20 bits per heavy atom. The second-order valence-corrected chi connectivity index (χ2v) is 18.0. The fourth-order valence-electron chi connectivity index (χ4n) is 4.74. The van der Waals surface area contributed by atoms with Crippen LogP contribution in [0.2, 0.25) is 0 Å². The Balaban J connectivity index is 1.61. The first kappa shape index (κ1) is 41.0. The predicted octanol–water partition coefficient (Wildman–Crippen LogP) is 1.37. The first-order valence-corrected chi connectivity index (χ1v) is 20.9. The molecule has 0 aliphatic heterocycles. The van der Waals surface area contributed by atoms with Crippen LogP contribution in [0, 0.1) is 0 Å². The molecule has 0 heterocycles. The van der Waals surface area contributed by atoms with E-state index in [1.165, 1.54) is 36.4 Å². The third-order valence-electron chi connectivity index (χ3n) is 7.12. The minimum Gasteiger partial charge on any atom is -0.369 e. The lowest BCUT2D eigenvalue weighted by molar-refractivity contribution is -0.116. The highest BCUT2D eigenvalue weighted by Crippen LogP contribution is 2.27. The van der Waals surface area contributed by atoms with E-state index in [1.54, 1.807) is 0 Å². The van der Waals surface area contributed by atoms with Crippen molar-refractivity contribution in [2.24, 2.45) is 11.5 Å². The van der Waals surface area contributed by atoms with Crippen molar-refractivity contribution in [2.45, 2.75) is 19.6 Å². The maximum atomic E-state index is 12.9. The zero-order valence-electron chi connectivity index (χ0n) is 27.2. The normalized spacial score (nSPS) is 12.3. The molecule has 0 saturated heterocycles. The Morgan fingerprint density at radius 2 is 0.889 bits per heavy atom. The molecule has 0 atom stereocenters. The van der Waals surface area contributed by atoms with Crippen molar-refractivity contribution < 1.29 is 62.0 Å². The number of carbonyl (C=O) groups is 4. The standard InChI is InChI=1S/C32H28N4O14S4/c33-29(37)17-51(41,42)25-5-1-3-21(13-25)31(39)35-23-11-9-19(27(15-23)53(45,46)47)7-8-20-10-12-24(16-28(20)54(48,49)50)36-32(40)22-4-2-6-26(14-22)52(43,44)18-30(34)38/h1-16H,17-18H2,(H2,33,37)(H2,34,38)(H,35,39)(H,36,40)(H,45,46,47)(H,48,49,50)/b8-7+. The molecule has 0 aromatic heterocycles. The molecule has 0 unspecified atom stereocenters. The van der Waals surface area contributed by atoms with Gasteiger partial charge in [-0.2, -0.15) is 16.8 Å². The zero-order valence-corrected chi connectivity index (χ0v) is 30.5. The van der Waals surface area contributed by atoms with Crippen molar-refractivity contribution in [2.75, 3.05) is 22.1 Å². The van der Waals surface area contributed by atoms with Crippen molar-refractivity contribution >= 4 is 87.1 Å². The van der Waals surface area contributed by atoms with Crippen molar-refractivity contribution in [3.05, 3.63) is 107 Å². The number of carbonyl (C=O) groups excluding carboxylic acids is 4. The third-order valence-corrected chi connectivity index (χ3v) is 12.2. The van der Waals surface area contributed by atoms with Gasteiger partial charge in [-0.05, 0) is 71.8 Å². The number of rotatable bonds is 14. The van der Waals surface area contributed by atoms with Gasteiger partial charge in [0, 0.05) is 22.5 Å². The van der Waals surface area contributed by atoms with Crippen LogP contribution in [-0.4, -0.2) is 77.9 Å². The van der Waals surface area contributed by atoms with E-state index in [9.17, 15) is 62.0 Å². The summed E-state index contributed by atoms with van der Waals surface area (Å²) in [4.78, 5) is 45.8. The van der Waals surface area contributed by atoms with Crippen molar-refractivity contribution in [1.82, 2.24) is 0 Å². The first-order valence-electron chi connectivity index (χ1n) is 14.7. The van der Waals surface area contributed by atoms with E-state index in [-0.39, 0.29) is 43.4 Å². The summed E-state index contributed by atoms with van der Waals surface area (Å²) in [7, 11) is -18.3. The quantitative estimate of drug-likeness (QED) is 0.0773. The highest BCUT2D eigenvalue weighted by Gasteiger charge is 2.22. The van der Waals surface area contributed by atoms with E-state index in [0.717, 1.165) is 60.7 Å². The van der Waals surface area contributed by atoms with Crippen LogP contribution in [0.3, 0.4) is 0 Å². The molecule has 0 aliphatic carbocycles. The molecular formula is C32H28N4O14S4. The van der Waals surface area contributed by atoms with Crippen LogP contribution in [0.1, 0.15) is 31.8 Å². The summed E-state index contributed by atoms with van der Waals surface area (Å²) in [6.07, 6.45) is 2.12. The minimum absolute atomic E-state index is 0.176. The monoisotopic (exact) mass is 820 g/mol. The summed E-state index contributed by atoms with van der Waals surface area (Å²) in [5.74, 6) is -6.06. The molecule has 22 heteroatoms. The van der Waals surface area contributed by atoms with Crippen LogP contribution >= 0.6 is 0 Å². The van der Waals surface area contributed by atoms with E-state index in [4.69, 9.17) is 11.5 Å². The Bertz CT molecular complexity index is 2510. The number of nitrogens with two attached hydrogens (primary N) is 2. The fraction of sp³-hybridized carbons (Fsp3) is 0.0625. The number of nitrogens with one attached hydrogen (secondary N) is 2. The molecule has 0 radical (unpaired) electrons. The molecule has 18 nitrogen and oxygen atoms in total. The SMILES string of the molecule is NC(=O)CS(=O)(=O)c1cccc(C(=O)Nc2ccc(/C=C/c3ccc(NC(=O)c4cccc(S(=O)(=O)CC(N)=O)c4)cc3S(=O)(=O)O)c(S(=O)(=O)O)c2)c1. The van der Waals surface area contributed by atoms with Crippen molar-refractivity contribution in [1.29, 1.82) is 0 Å². The summed E-state index contributed by atoms with van der Waals surface area (Å²) in [5.41, 5.74) is 8.76. The van der Waals surface area contributed by atoms with Crippen LogP contribution in [0.4, 0.5) is 11.4 Å². The molecule has 0 saturated carbocycles. The maximum Gasteiger partial charge on any atom is 0.295 e. The summed E-state index contributed by atoms with van der Waals surface area (Å²) in [6.45, 7) is 0. The van der Waals surface area contributed by atoms with Gasteiger partial charge in [0.1, 0.15) is 21.3 Å². The molecule has 54 heavy (non-hydrogen) atoms. The van der Waals surface area contributed by atoms with Crippen molar-refractivity contribution in [3.63, 3.8) is 0 Å². The second-order valence-electron chi connectivity index (χ2n) is 11.2. The molecule has 0 spiro atoms. The Morgan fingerprint density at radius 1 is 0.537 bits per heavy atom. The summed E-state index contributed by atoms with van der Waals surface area (Å²) >= 11 is 0. The topological polar surface area (TPSA) is 321 Å². The van der Waals surface area contributed by atoms with E-state index < -0.39 is 84.8 Å². The van der Waals surface area contributed by atoms with Gasteiger partial charge in [0.25, 0.3) is 32.1 Å².